The van der Waals surface area contributed by atoms with Crippen molar-refractivity contribution in [1.29, 1.82) is 0 Å². The molecule has 2 aromatic rings. The zero-order valence-corrected chi connectivity index (χ0v) is 11.6. The van der Waals surface area contributed by atoms with Crippen LogP contribution in [0, 0.1) is 5.82 Å². The molecule has 0 bridgehead atoms. The first-order chi connectivity index (χ1) is 10.3. The van der Waals surface area contributed by atoms with Gasteiger partial charge in [0.25, 0.3) is 0 Å². The highest BCUT2D eigenvalue weighted by atomic mass is 19.1. The number of rotatable bonds is 4. The van der Waals surface area contributed by atoms with Gasteiger partial charge in [-0.2, -0.15) is 0 Å². The maximum Gasteiger partial charge on any atom is 0.125 e. The average Bonchev–Trinajstić information content (AvgIpc) is 2.53. The van der Waals surface area contributed by atoms with Gasteiger partial charge >= 0.3 is 0 Å². The first-order valence-electron chi connectivity index (χ1n) is 6.99. The van der Waals surface area contributed by atoms with Gasteiger partial charge in [-0.05, 0) is 35.7 Å². The Hall–Kier alpha value is -1.91. The number of hydrogen-bond donors (Lipinski definition) is 1. The maximum absolute atomic E-state index is 13.1. The summed E-state index contributed by atoms with van der Waals surface area (Å²) in [6.45, 7) is 0.756. The van der Waals surface area contributed by atoms with Gasteiger partial charge < -0.3 is 14.6 Å². The third-order valence-corrected chi connectivity index (χ3v) is 3.68. The normalized spacial score (nSPS) is 17.3. The van der Waals surface area contributed by atoms with Crippen LogP contribution in [0.2, 0.25) is 0 Å². The van der Waals surface area contributed by atoms with Gasteiger partial charge in [-0.1, -0.05) is 24.3 Å². The van der Waals surface area contributed by atoms with Crippen molar-refractivity contribution in [2.24, 2.45) is 0 Å². The summed E-state index contributed by atoms with van der Waals surface area (Å²) in [5, 5.41) is 9.26. The molecule has 0 fully saturated rings. The largest absolute Gasteiger partial charge is 0.490 e. The Labute approximate surface area is 122 Å². The molecule has 0 saturated heterocycles. The maximum atomic E-state index is 13.1. The minimum atomic E-state index is -0.384. The molecule has 2 aromatic carbocycles. The van der Waals surface area contributed by atoms with Crippen LogP contribution in [-0.4, -0.2) is 18.3 Å². The van der Waals surface area contributed by atoms with Crippen molar-refractivity contribution < 1.29 is 19.0 Å². The second kappa shape index (κ2) is 6.24. The second-order valence-electron chi connectivity index (χ2n) is 5.03. The van der Waals surface area contributed by atoms with E-state index in [4.69, 9.17) is 9.47 Å². The SMILES string of the molecule is OCc1cc(F)ccc1OCC1OCCc2ccccc21. The van der Waals surface area contributed by atoms with Crippen LogP contribution in [0.15, 0.2) is 42.5 Å². The van der Waals surface area contributed by atoms with E-state index in [-0.39, 0.29) is 18.5 Å². The molecule has 3 nitrogen and oxygen atoms in total. The molecule has 1 N–H and O–H groups in total. The molecule has 21 heavy (non-hydrogen) atoms. The smallest absolute Gasteiger partial charge is 0.125 e. The fourth-order valence-electron chi connectivity index (χ4n) is 2.59. The van der Waals surface area contributed by atoms with Gasteiger partial charge in [0.1, 0.15) is 24.3 Å². The van der Waals surface area contributed by atoms with Crippen LogP contribution in [0.1, 0.15) is 22.8 Å². The molecule has 3 rings (SSSR count). The molecule has 1 unspecified atom stereocenters. The van der Waals surface area contributed by atoms with Crippen molar-refractivity contribution in [2.45, 2.75) is 19.1 Å². The lowest BCUT2D eigenvalue weighted by atomic mass is 9.98. The zero-order chi connectivity index (χ0) is 14.7. The zero-order valence-electron chi connectivity index (χ0n) is 11.6. The van der Waals surface area contributed by atoms with Crippen molar-refractivity contribution >= 4 is 0 Å². The van der Waals surface area contributed by atoms with Crippen LogP contribution in [0.4, 0.5) is 4.39 Å². The predicted molar refractivity (Wildman–Crippen MR) is 76.7 cm³/mol. The number of hydrogen-bond acceptors (Lipinski definition) is 3. The van der Waals surface area contributed by atoms with Crippen LogP contribution >= 0.6 is 0 Å². The molecule has 1 atom stereocenters. The summed E-state index contributed by atoms with van der Waals surface area (Å²) in [4.78, 5) is 0. The van der Waals surface area contributed by atoms with E-state index in [0.29, 0.717) is 24.5 Å². The van der Waals surface area contributed by atoms with E-state index < -0.39 is 0 Å². The summed E-state index contributed by atoms with van der Waals surface area (Å²) >= 11 is 0. The van der Waals surface area contributed by atoms with Crippen LogP contribution in [-0.2, 0) is 17.8 Å². The highest BCUT2D eigenvalue weighted by Gasteiger charge is 2.21. The highest BCUT2D eigenvalue weighted by Crippen LogP contribution is 2.28. The van der Waals surface area contributed by atoms with E-state index in [2.05, 4.69) is 6.07 Å². The van der Waals surface area contributed by atoms with Crippen molar-refractivity contribution in [3.8, 4) is 5.75 Å². The van der Waals surface area contributed by atoms with Gasteiger partial charge in [0.2, 0.25) is 0 Å². The first kappa shape index (κ1) is 14.0. The molecular formula is C17H17FO3. The minimum Gasteiger partial charge on any atom is -0.490 e. The summed E-state index contributed by atoms with van der Waals surface area (Å²) in [6, 6.07) is 12.3. The van der Waals surface area contributed by atoms with Crippen LogP contribution < -0.4 is 4.74 Å². The number of fused-ring (bicyclic) bond motifs is 1. The van der Waals surface area contributed by atoms with E-state index >= 15 is 0 Å². The number of benzene rings is 2. The number of ether oxygens (including phenoxy) is 2. The molecule has 110 valence electrons. The summed E-state index contributed by atoms with van der Waals surface area (Å²) in [7, 11) is 0. The Kier molecular flexibility index (Phi) is 4.18. The lowest BCUT2D eigenvalue weighted by Gasteiger charge is -2.26. The molecular weight excluding hydrogens is 271 g/mol. The number of halogens is 1. The van der Waals surface area contributed by atoms with Crippen molar-refractivity contribution in [1.82, 2.24) is 0 Å². The van der Waals surface area contributed by atoms with Gasteiger partial charge in [0, 0.05) is 5.56 Å². The second-order valence-corrected chi connectivity index (χ2v) is 5.03. The van der Waals surface area contributed by atoms with Crippen molar-refractivity contribution in [2.75, 3.05) is 13.2 Å². The summed E-state index contributed by atoms with van der Waals surface area (Å²) in [5.74, 6) is 0.108. The van der Waals surface area contributed by atoms with E-state index in [1.54, 1.807) is 0 Å². The lowest BCUT2D eigenvalue weighted by molar-refractivity contribution is 0.00972. The van der Waals surface area contributed by atoms with Crippen LogP contribution in [0.3, 0.4) is 0 Å². The summed E-state index contributed by atoms with van der Waals surface area (Å²) in [5.41, 5.74) is 2.86. The van der Waals surface area contributed by atoms with E-state index in [1.165, 1.54) is 23.8 Å². The Bertz CT molecular complexity index is 627. The standard InChI is InChI=1S/C17H17FO3/c18-14-5-6-16(13(9-14)10-19)21-11-17-15-4-2-1-3-12(15)7-8-20-17/h1-6,9,17,19H,7-8,10-11H2. The monoisotopic (exact) mass is 288 g/mol. The Morgan fingerprint density at radius 1 is 1.24 bits per heavy atom. The van der Waals surface area contributed by atoms with Crippen LogP contribution in [0.5, 0.6) is 5.75 Å². The number of aliphatic hydroxyl groups excluding tert-OH is 1. The predicted octanol–water partition coefficient (Wildman–Crippen LogP) is 3.01. The molecule has 1 heterocycles. The van der Waals surface area contributed by atoms with Gasteiger partial charge in [-0.3, -0.25) is 0 Å². The van der Waals surface area contributed by atoms with Gasteiger partial charge in [-0.25, -0.2) is 4.39 Å². The molecule has 4 heteroatoms. The summed E-state index contributed by atoms with van der Waals surface area (Å²) in [6.07, 6.45) is 0.775. The Morgan fingerprint density at radius 2 is 2.10 bits per heavy atom. The highest BCUT2D eigenvalue weighted by molar-refractivity contribution is 5.34. The molecule has 0 amide bonds. The minimum absolute atomic E-state index is 0.133. The fraction of sp³-hybridized carbons (Fsp3) is 0.294. The molecule has 1 aliphatic heterocycles. The molecule has 0 aromatic heterocycles. The third-order valence-electron chi connectivity index (χ3n) is 3.68. The van der Waals surface area contributed by atoms with Gasteiger partial charge in [0.15, 0.2) is 0 Å². The van der Waals surface area contributed by atoms with Crippen molar-refractivity contribution in [3.05, 3.63) is 65.0 Å². The fourth-order valence-corrected chi connectivity index (χ4v) is 2.59. The molecule has 0 aliphatic carbocycles. The Balaban J connectivity index is 1.74. The van der Waals surface area contributed by atoms with E-state index in [0.717, 1.165) is 12.0 Å². The lowest BCUT2D eigenvalue weighted by Crippen LogP contribution is -2.21. The van der Waals surface area contributed by atoms with E-state index in [1.807, 2.05) is 18.2 Å². The topological polar surface area (TPSA) is 38.7 Å². The average molecular weight is 288 g/mol. The van der Waals surface area contributed by atoms with Gasteiger partial charge in [-0.15, -0.1) is 0 Å². The molecule has 0 saturated carbocycles. The first-order valence-corrected chi connectivity index (χ1v) is 6.99. The third kappa shape index (κ3) is 3.06. The van der Waals surface area contributed by atoms with E-state index in [9.17, 15) is 9.50 Å². The Morgan fingerprint density at radius 3 is 2.95 bits per heavy atom. The van der Waals surface area contributed by atoms with Crippen LogP contribution in [0.25, 0.3) is 0 Å². The van der Waals surface area contributed by atoms with Crippen molar-refractivity contribution in [3.63, 3.8) is 0 Å². The number of aliphatic hydroxyl groups is 1. The van der Waals surface area contributed by atoms with Gasteiger partial charge in [0.05, 0.1) is 13.2 Å². The molecule has 0 spiro atoms. The molecule has 1 aliphatic rings. The molecule has 0 radical (unpaired) electrons. The quantitative estimate of drug-likeness (QED) is 0.940. The summed E-state index contributed by atoms with van der Waals surface area (Å²) < 4.78 is 24.6.